The minimum Gasteiger partial charge on any atom is -0.497 e. The zero-order chi connectivity index (χ0) is 21.2. The van der Waals surface area contributed by atoms with Crippen LogP contribution in [0.4, 0.5) is 0 Å². The summed E-state index contributed by atoms with van der Waals surface area (Å²) in [6, 6.07) is 13.5. The molecule has 2 aromatic carbocycles. The number of carbonyl (C=O) groups is 1. The van der Waals surface area contributed by atoms with Crippen molar-refractivity contribution in [3.63, 3.8) is 0 Å². The van der Waals surface area contributed by atoms with Crippen molar-refractivity contribution in [3.8, 4) is 5.75 Å². The Morgan fingerprint density at radius 1 is 0.900 bits per heavy atom. The molecule has 2 heterocycles. The Balaban J connectivity index is 1.83. The number of aromatic nitrogens is 2. The van der Waals surface area contributed by atoms with Gasteiger partial charge in [0.2, 0.25) is 0 Å². The van der Waals surface area contributed by atoms with Crippen molar-refractivity contribution in [2.24, 2.45) is 11.3 Å². The number of benzene rings is 2. The summed E-state index contributed by atoms with van der Waals surface area (Å²) in [5, 5.41) is 0.798. The van der Waals surface area contributed by atoms with E-state index >= 15 is 0 Å². The summed E-state index contributed by atoms with van der Waals surface area (Å²) < 4.78 is 8.38. The van der Waals surface area contributed by atoms with Gasteiger partial charge in [0.1, 0.15) is 11.5 Å². The van der Waals surface area contributed by atoms with Gasteiger partial charge >= 0.3 is 0 Å². The fourth-order valence-electron chi connectivity index (χ4n) is 5.37. The van der Waals surface area contributed by atoms with Gasteiger partial charge in [-0.15, -0.1) is 0 Å². The average Bonchev–Trinajstić information content (AvgIpc) is 3.06. The van der Waals surface area contributed by atoms with Gasteiger partial charge in [-0.3, -0.25) is 14.4 Å². The number of hydrogen-bond donors (Lipinski definition) is 0. The third-order valence-electron chi connectivity index (χ3n) is 6.61. The Morgan fingerprint density at radius 3 is 2.10 bits per heavy atom. The molecule has 2 aliphatic rings. The normalized spacial score (nSPS) is 24.5. The molecule has 5 rings (SSSR count). The van der Waals surface area contributed by atoms with Crippen LogP contribution in [0.2, 0.25) is 0 Å². The standard InChI is InChI=1S/C24H24N2O4/c1-24(2)12-18-20(19(27)13-24)21(14-8-10-15(30-3)11-9-14)26-23(29)17-7-5-4-6-16(17)22(28)25(18)26/h4-11,18,20-21H,12-13H2,1-3H3. The minimum atomic E-state index is -0.505. The maximum atomic E-state index is 13.6. The Hall–Kier alpha value is -3.15. The van der Waals surface area contributed by atoms with E-state index < -0.39 is 12.0 Å². The molecule has 6 heteroatoms. The van der Waals surface area contributed by atoms with Crippen LogP contribution in [0.5, 0.6) is 5.75 Å². The number of ether oxygens (including phenoxy) is 1. The van der Waals surface area contributed by atoms with Crippen LogP contribution in [-0.2, 0) is 4.79 Å². The van der Waals surface area contributed by atoms with Crippen LogP contribution < -0.4 is 15.9 Å². The second kappa shape index (κ2) is 6.42. The van der Waals surface area contributed by atoms with Gasteiger partial charge in [0, 0.05) is 6.42 Å². The Kier molecular flexibility index (Phi) is 4.04. The van der Waals surface area contributed by atoms with Crippen molar-refractivity contribution in [3.05, 3.63) is 74.8 Å². The lowest BCUT2D eigenvalue weighted by molar-refractivity contribution is -0.129. The average molecular weight is 404 g/mol. The first kappa shape index (κ1) is 18.9. The summed E-state index contributed by atoms with van der Waals surface area (Å²) >= 11 is 0. The molecular weight excluding hydrogens is 380 g/mol. The molecule has 1 fully saturated rings. The maximum absolute atomic E-state index is 13.6. The molecule has 0 bridgehead atoms. The first-order valence-corrected chi connectivity index (χ1v) is 10.2. The number of Topliss-reactive ketones (excluding diaryl/α,β-unsaturated/α-hetero) is 1. The lowest BCUT2D eigenvalue weighted by atomic mass is 9.67. The molecule has 154 valence electrons. The second-order valence-corrected chi connectivity index (χ2v) is 9.17. The SMILES string of the molecule is COc1ccc(C2C3C(=O)CC(C)(C)CC3n3c(=O)c4ccccc4c(=O)n32)cc1. The Labute approximate surface area is 173 Å². The lowest BCUT2D eigenvalue weighted by Gasteiger charge is -2.37. The highest BCUT2D eigenvalue weighted by molar-refractivity contribution is 5.85. The van der Waals surface area contributed by atoms with Crippen molar-refractivity contribution >= 4 is 16.6 Å². The van der Waals surface area contributed by atoms with Crippen LogP contribution in [0.3, 0.4) is 0 Å². The fraction of sp³-hybridized carbons (Fsp3) is 0.375. The van der Waals surface area contributed by atoms with Crippen LogP contribution in [-0.4, -0.2) is 22.3 Å². The highest BCUT2D eigenvalue weighted by Crippen LogP contribution is 2.50. The van der Waals surface area contributed by atoms with Gasteiger partial charge in [0.25, 0.3) is 11.1 Å². The summed E-state index contributed by atoms with van der Waals surface area (Å²) in [5.41, 5.74) is 0.175. The topological polar surface area (TPSA) is 70.3 Å². The van der Waals surface area contributed by atoms with E-state index in [1.54, 1.807) is 40.7 Å². The van der Waals surface area contributed by atoms with Gasteiger partial charge < -0.3 is 4.74 Å². The van der Waals surface area contributed by atoms with Crippen molar-refractivity contribution in [2.45, 2.75) is 38.8 Å². The summed E-state index contributed by atoms with van der Waals surface area (Å²) in [4.78, 5) is 40.4. The van der Waals surface area contributed by atoms with E-state index in [0.717, 1.165) is 5.56 Å². The number of carbonyl (C=O) groups excluding carboxylic acids is 1. The molecule has 0 N–H and O–H groups in total. The smallest absolute Gasteiger partial charge is 0.273 e. The van der Waals surface area contributed by atoms with E-state index in [2.05, 4.69) is 13.8 Å². The molecule has 0 spiro atoms. The molecule has 1 saturated carbocycles. The Morgan fingerprint density at radius 2 is 1.50 bits per heavy atom. The van der Waals surface area contributed by atoms with Crippen LogP contribution in [0, 0.1) is 11.3 Å². The molecule has 0 amide bonds. The highest BCUT2D eigenvalue weighted by Gasteiger charge is 2.52. The minimum absolute atomic E-state index is 0.108. The third-order valence-corrected chi connectivity index (χ3v) is 6.61. The molecule has 3 aromatic rings. The number of hydrogen-bond acceptors (Lipinski definition) is 4. The van der Waals surface area contributed by atoms with Gasteiger partial charge in [-0.05, 0) is 41.7 Å². The quantitative estimate of drug-likeness (QED) is 0.657. The zero-order valence-corrected chi connectivity index (χ0v) is 17.3. The monoisotopic (exact) mass is 404 g/mol. The molecule has 3 atom stereocenters. The van der Waals surface area contributed by atoms with Gasteiger partial charge in [-0.25, -0.2) is 9.36 Å². The number of rotatable bonds is 2. The maximum Gasteiger partial charge on any atom is 0.273 e. The molecule has 0 saturated heterocycles. The predicted molar refractivity (Wildman–Crippen MR) is 114 cm³/mol. The third kappa shape index (κ3) is 2.59. The number of nitrogens with zero attached hydrogens (tertiary/aromatic N) is 2. The summed E-state index contributed by atoms with van der Waals surface area (Å²) in [5.74, 6) is 0.373. The molecule has 30 heavy (non-hydrogen) atoms. The first-order chi connectivity index (χ1) is 14.3. The first-order valence-electron chi connectivity index (χ1n) is 10.2. The van der Waals surface area contributed by atoms with Crippen LogP contribution in [0.1, 0.15) is 44.3 Å². The van der Waals surface area contributed by atoms with Gasteiger partial charge in [0.05, 0.1) is 35.9 Å². The molecular formula is C24H24N2O4. The summed E-state index contributed by atoms with van der Waals surface area (Å²) in [7, 11) is 1.60. The molecule has 1 aliphatic heterocycles. The molecule has 0 radical (unpaired) electrons. The van der Waals surface area contributed by atoms with Gasteiger partial charge in [0.15, 0.2) is 0 Å². The number of methoxy groups -OCH3 is 1. The largest absolute Gasteiger partial charge is 0.497 e. The van der Waals surface area contributed by atoms with Crippen molar-refractivity contribution < 1.29 is 9.53 Å². The summed E-state index contributed by atoms with van der Waals surface area (Å²) in [6.07, 6.45) is 1.12. The zero-order valence-electron chi connectivity index (χ0n) is 17.3. The van der Waals surface area contributed by atoms with E-state index in [-0.39, 0.29) is 28.4 Å². The van der Waals surface area contributed by atoms with E-state index in [1.807, 2.05) is 24.3 Å². The van der Waals surface area contributed by atoms with Crippen LogP contribution in [0.25, 0.3) is 10.8 Å². The van der Waals surface area contributed by atoms with Crippen LogP contribution in [0.15, 0.2) is 58.1 Å². The molecule has 3 unspecified atom stereocenters. The van der Waals surface area contributed by atoms with E-state index in [0.29, 0.717) is 29.4 Å². The van der Waals surface area contributed by atoms with Gasteiger partial charge in [-0.2, -0.15) is 0 Å². The van der Waals surface area contributed by atoms with E-state index in [4.69, 9.17) is 4.74 Å². The second-order valence-electron chi connectivity index (χ2n) is 9.17. The van der Waals surface area contributed by atoms with Crippen molar-refractivity contribution in [1.29, 1.82) is 0 Å². The summed E-state index contributed by atoms with van der Waals surface area (Å²) in [6.45, 7) is 4.10. The fourth-order valence-corrected chi connectivity index (χ4v) is 5.37. The lowest BCUT2D eigenvalue weighted by Crippen LogP contribution is -2.40. The molecule has 1 aliphatic carbocycles. The number of fused-ring (bicyclic) bond motifs is 4. The van der Waals surface area contributed by atoms with E-state index in [9.17, 15) is 14.4 Å². The van der Waals surface area contributed by atoms with Crippen molar-refractivity contribution in [2.75, 3.05) is 7.11 Å². The predicted octanol–water partition coefficient (Wildman–Crippen LogP) is 3.32. The van der Waals surface area contributed by atoms with Crippen molar-refractivity contribution in [1.82, 2.24) is 9.36 Å². The Bertz CT molecular complexity index is 1280. The van der Waals surface area contributed by atoms with Crippen LogP contribution >= 0.6 is 0 Å². The van der Waals surface area contributed by atoms with Gasteiger partial charge in [-0.1, -0.05) is 38.1 Å². The molecule has 6 nitrogen and oxygen atoms in total. The van der Waals surface area contributed by atoms with E-state index in [1.165, 1.54) is 0 Å². The highest BCUT2D eigenvalue weighted by atomic mass is 16.5. The number of ketones is 1. The molecule has 1 aromatic heterocycles.